The number of nitrogens with one attached hydrogen (secondary N) is 2. The molecule has 2 rings (SSSR count). The fraction of sp³-hybridized carbons (Fsp3) is 0.286. The monoisotopic (exact) mass is 367 g/mol. The second-order valence-electron chi connectivity index (χ2n) is 6.58. The largest absolute Gasteiger partial charge is 0.548 e. The number of carboxylic acid groups (broad SMARTS) is 1. The maximum atomic E-state index is 12.4. The predicted molar refractivity (Wildman–Crippen MR) is 99.9 cm³/mol. The van der Waals surface area contributed by atoms with Crippen LogP contribution in [-0.2, 0) is 16.0 Å². The number of amides is 2. The number of hydrogen-bond acceptors (Lipinski definition) is 4. The minimum absolute atomic E-state index is 0.246. The van der Waals surface area contributed by atoms with E-state index in [-0.39, 0.29) is 6.42 Å². The molecule has 142 valence electrons. The molecule has 0 aliphatic heterocycles. The second kappa shape index (κ2) is 9.52. The summed E-state index contributed by atoms with van der Waals surface area (Å²) in [5.74, 6) is -1.98. The number of carbonyl (C=O) groups excluding carboxylic acids is 3. The first-order chi connectivity index (χ1) is 12.9. The molecular weight excluding hydrogens is 344 g/mol. The van der Waals surface area contributed by atoms with Crippen LogP contribution in [0.25, 0.3) is 0 Å². The van der Waals surface area contributed by atoms with E-state index >= 15 is 0 Å². The molecule has 0 saturated carbocycles. The molecule has 2 N–H and O–H groups in total. The van der Waals surface area contributed by atoms with Gasteiger partial charge in [0.2, 0.25) is 5.91 Å². The third kappa shape index (κ3) is 6.26. The van der Waals surface area contributed by atoms with Crippen LogP contribution < -0.4 is 15.7 Å². The fourth-order valence-corrected chi connectivity index (χ4v) is 2.60. The number of rotatable bonds is 8. The van der Waals surface area contributed by atoms with E-state index in [2.05, 4.69) is 24.5 Å². The van der Waals surface area contributed by atoms with Crippen LogP contribution in [0.5, 0.6) is 0 Å². The van der Waals surface area contributed by atoms with Crippen LogP contribution in [0.4, 0.5) is 0 Å². The van der Waals surface area contributed by atoms with E-state index in [1.54, 1.807) is 30.3 Å². The Balaban J connectivity index is 2.14. The Hall–Kier alpha value is -3.15. The van der Waals surface area contributed by atoms with Crippen molar-refractivity contribution >= 4 is 17.8 Å². The lowest BCUT2D eigenvalue weighted by molar-refractivity contribution is -0.304. The van der Waals surface area contributed by atoms with Gasteiger partial charge in [-0.15, -0.1) is 0 Å². The van der Waals surface area contributed by atoms with E-state index in [9.17, 15) is 19.5 Å². The predicted octanol–water partition coefficient (Wildman–Crippen LogP) is 1.02. The molecule has 27 heavy (non-hydrogen) atoms. The Morgan fingerprint density at radius 2 is 1.59 bits per heavy atom. The normalized spacial score (nSPS) is 11.7. The first-order valence-electron chi connectivity index (χ1n) is 8.79. The van der Waals surface area contributed by atoms with Gasteiger partial charge in [-0.2, -0.15) is 0 Å². The SMILES string of the molecule is CC(C)c1ccc(C[C@H](NC(=O)c2ccccc2)C(=O)NCC(=O)[O-])cc1. The summed E-state index contributed by atoms with van der Waals surface area (Å²) in [6.07, 6.45) is 0.246. The molecule has 0 unspecified atom stereocenters. The highest BCUT2D eigenvalue weighted by Crippen LogP contribution is 2.15. The van der Waals surface area contributed by atoms with E-state index in [4.69, 9.17) is 0 Å². The number of carboxylic acids is 1. The van der Waals surface area contributed by atoms with Gasteiger partial charge in [0.15, 0.2) is 0 Å². The molecule has 0 heterocycles. The summed E-state index contributed by atoms with van der Waals surface area (Å²) in [7, 11) is 0. The Bertz CT molecular complexity index is 786. The van der Waals surface area contributed by atoms with Crippen LogP contribution in [0.15, 0.2) is 54.6 Å². The lowest BCUT2D eigenvalue weighted by atomic mass is 9.98. The Morgan fingerprint density at radius 1 is 0.963 bits per heavy atom. The number of aliphatic carboxylic acids is 1. The first-order valence-corrected chi connectivity index (χ1v) is 8.79. The van der Waals surface area contributed by atoms with Crippen LogP contribution in [0.3, 0.4) is 0 Å². The van der Waals surface area contributed by atoms with Crippen LogP contribution in [0.2, 0.25) is 0 Å². The van der Waals surface area contributed by atoms with Crippen LogP contribution >= 0.6 is 0 Å². The van der Waals surface area contributed by atoms with Crippen molar-refractivity contribution in [2.45, 2.75) is 32.2 Å². The van der Waals surface area contributed by atoms with Crippen molar-refractivity contribution in [3.05, 3.63) is 71.3 Å². The van der Waals surface area contributed by atoms with E-state index in [1.165, 1.54) is 5.56 Å². The Kier molecular flexibility index (Phi) is 7.11. The lowest BCUT2D eigenvalue weighted by Crippen LogP contribution is -2.50. The highest BCUT2D eigenvalue weighted by Gasteiger charge is 2.21. The minimum atomic E-state index is -1.39. The van der Waals surface area contributed by atoms with E-state index in [0.717, 1.165) is 5.56 Å². The smallest absolute Gasteiger partial charge is 0.251 e. The summed E-state index contributed by atoms with van der Waals surface area (Å²) in [4.78, 5) is 35.4. The van der Waals surface area contributed by atoms with Gasteiger partial charge in [-0.3, -0.25) is 9.59 Å². The van der Waals surface area contributed by atoms with Crippen molar-refractivity contribution in [3.63, 3.8) is 0 Å². The van der Waals surface area contributed by atoms with E-state index in [0.29, 0.717) is 11.5 Å². The summed E-state index contributed by atoms with van der Waals surface area (Å²) in [5, 5.41) is 15.6. The summed E-state index contributed by atoms with van der Waals surface area (Å²) in [6.45, 7) is 3.57. The van der Waals surface area contributed by atoms with Crippen molar-refractivity contribution in [1.82, 2.24) is 10.6 Å². The average molecular weight is 367 g/mol. The van der Waals surface area contributed by atoms with Crippen molar-refractivity contribution in [2.24, 2.45) is 0 Å². The quantitative estimate of drug-likeness (QED) is 0.728. The van der Waals surface area contributed by atoms with Gasteiger partial charge < -0.3 is 20.5 Å². The molecule has 6 heteroatoms. The molecule has 0 spiro atoms. The van der Waals surface area contributed by atoms with Gasteiger partial charge >= 0.3 is 0 Å². The van der Waals surface area contributed by atoms with Gasteiger partial charge in [-0.05, 0) is 29.2 Å². The van der Waals surface area contributed by atoms with Crippen LogP contribution in [0.1, 0.15) is 41.3 Å². The van der Waals surface area contributed by atoms with Crippen molar-refractivity contribution < 1.29 is 19.5 Å². The van der Waals surface area contributed by atoms with Gasteiger partial charge in [0.1, 0.15) is 6.04 Å². The van der Waals surface area contributed by atoms with E-state index in [1.807, 2.05) is 24.3 Å². The standard InChI is InChI=1S/C21H24N2O4/c1-14(2)16-10-8-15(9-11-16)12-18(21(27)22-13-19(24)25)23-20(26)17-6-4-3-5-7-17/h3-11,14,18H,12-13H2,1-2H3,(H,22,27)(H,23,26)(H,24,25)/p-1/t18-/m0/s1. The Morgan fingerprint density at radius 3 is 2.15 bits per heavy atom. The highest BCUT2D eigenvalue weighted by atomic mass is 16.4. The van der Waals surface area contributed by atoms with Gasteiger partial charge in [0.05, 0.1) is 12.5 Å². The molecule has 0 bridgehead atoms. The summed E-state index contributed by atoms with van der Waals surface area (Å²) >= 11 is 0. The zero-order valence-electron chi connectivity index (χ0n) is 15.4. The van der Waals surface area contributed by atoms with Crippen LogP contribution in [0, 0.1) is 0 Å². The summed E-state index contributed by atoms with van der Waals surface area (Å²) in [6, 6.07) is 15.4. The maximum Gasteiger partial charge on any atom is 0.251 e. The average Bonchev–Trinajstić information content (AvgIpc) is 2.66. The zero-order valence-corrected chi connectivity index (χ0v) is 15.4. The maximum absolute atomic E-state index is 12.4. The molecule has 0 aliphatic rings. The number of hydrogen-bond donors (Lipinski definition) is 2. The Labute approximate surface area is 158 Å². The third-order valence-electron chi connectivity index (χ3n) is 4.15. The number of benzene rings is 2. The minimum Gasteiger partial charge on any atom is -0.548 e. The van der Waals surface area contributed by atoms with Crippen molar-refractivity contribution in [1.29, 1.82) is 0 Å². The molecule has 0 saturated heterocycles. The third-order valence-corrected chi connectivity index (χ3v) is 4.15. The molecule has 6 nitrogen and oxygen atoms in total. The topological polar surface area (TPSA) is 98.3 Å². The molecule has 2 aromatic carbocycles. The van der Waals surface area contributed by atoms with Crippen molar-refractivity contribution in [3.8, 4) is 0 Å². The van der Waals surface area contributed by atoms with Gasteiger partial charge in [-0.1, -0.05) is 56.3 Å². The highest BCUT2D eigenvalue weighted by molar-refractivity contribution is 5.97. The molecule has 0 radical (unpaired) electrons. The van der Waals surface area contributed by atoms with Crippen LogP contribution in [-0.4, -0.2) is 30.4 Å². The molecular formula is C21H23N2O4-. The zero-order chi connectivity index (χ0) is 19.8. The van der Waals surface area contributed by atoms with Gasteiger partial charge in [0.25, 0.3) is 5.91 Å². The number of carbonyl (C=O) groups is 3. The first kappa shape index (κ1) is 20.2. The molecule has 0 aromatic heterocycles. The molecule has 1 atom stereocenters. The van der Waals surface area contributed by atoms with E-state index < -0.39 is 30.4 Å². The molecule has 2 aromatic rings. The van der Waals surface area contributed by atoms with Crippen molar-refractivity contribution in [2.75, 3.05) is 6.54 Å². The molecule has 0 fully saturated rings. The fourth-order valence-electron chi connectivity index (χ4n) is 2.60. The summed E-state index contributed by atoms with van der Waals surface area (Å²) in [5.41, 5.74) is 2.46. The molecule has 2 amide bonds. The summed E-state index contributed by atoms with van der Waals surface area (Å²) < 4.78 is 0. The second-order valence-corrected chi connectivity index (χ2v) is 6.58. The van der Waals surface area contributed by atoms with Gasteiger partial charge in [0, 0.05) is 12.0 Å². The van der Waals surface area contributed by atoms with Gasteiger partial charge in [-0.25, -0.2) is 0 Å². The lowest BCUT2D eigenvalue weighted by Gasteiger charge is -2.19. The molecule has 0 aliphatic carbocycles.